The minimum absolute atomic E-state index is 0.604. The van der Waals surface area contributed by atoms with E-state index in [0.29, 0.717) is 6.04 Å². The fourth-order valence-electron chi connectivity index (χ4n) is 3.30. The topological polar surface area (TPSA) is 24.5 Å². The standard InChI is InChI=1S/C13H26N2O/c1-3-15-6-4-5-11(9-15)12-7-13(10-16-2)14-8-12/h11-14H,3-10H2,1-2H3. The molecule has 0 saturated carbocycles. The highest BCUT2D eigenvalue weighted by atomic mass is 16.5. The van der Waals surface area contributed by atoms with Gasteiger partial charge in [-0.1, -0.05) is 6.92 Å². The molecule has 0 spiro atoms. The summed E-state index contributed by atoms with van der Waals surface area (Å²) < 4.78 is 5.23. The number of methoxy groups -OCH3 is 1. The minimum Gasteiger partial charge on any atom is -0.383 e. The number of ether oxygens (including phenoxy) is 1. The van der Waals surface area contributed by atoms with Gasteiger partial charge >= 0.3 is 0 Å². The molecule has 3 atom stereocenters. The zero-order chi connectivity index (χ0) is 11.4. The first-order valence-corrected chi connectivity index (χ1v) is 6.78. The molecule has 2 heterocycles. The number of piperidine rings is 1. The number of nitrogens with one attached hydrogen (secondary N) is 1. The molecule has 0 aromatic heterocycles. The molecule has 2 rings (SSSR count). The lowest BCUT2D eigenvalue weighted by molar-refractivity contribution is 0.139. The second kappa shape index (κ2) is 5.99. The molecule has 2 aliphatic heterocycles. The summed E-state index contributed by atoms with van der Waals surface area (Å²) in [5.74, 6) is 1.80. The molecule has 1 N–H and O–H groups in total. The highest BCUT2D eigenvalue weighted by molar-refractivity contribution is 4.88. The second-order valence-corrected chi connectivity index (χ2v) is 5.35. The van der Waals surface area contributed by atoms with Crippen LogP contribution in [0.4, 0.5) is 0 Å². The van der Waals surface area contributed by atoms with Gasteiger partial charge in [0.05, 0.1) is 6.61 Å². The van der Waals surface area contributed by atoms with E-state index in [0.717, 1.165) is 18.4 Å². The van der Waals surface area contributed by atoms with Gasteiger partial charge in [0.2, 0.25) is 0 Å². The minimum atomic E-state index is 0.604. The maximum atomic E-state index is 5.23. The van der Waals surface area contributed by atoms with Crippen molar-refractivity contribution in [3.05, 3.63) is 0 Å². The van der Waals surface area contributed by atoms with E-state index in [-0.39, 0.29) is 0 Å². The van der Waals surface area contributed by atoms with Crippen LogP contribution in [0.2, 0.25) is 0 Å². The van der Waals surface area contributed by atoms with Crippen molar-refractivity contribution < 1.29 is 4.74 Å². The summed E-state index contributed by atoms with van der Waals surface area (Å²) in [6.45, 7) is 8.22. The van der Waals surface area contributed by atoms with Crippen molar-refractivity contribution in [2.75, 3.05) is 39.9 Å². The molecule has 0 aromatic carbocycles. The first kappa shape index (κ1) is 12.3. The first-order valence-electron chi connectivity index (χ1n) is 6.78. The quantitative estimate of drug-likeness (QED) is 0.783. The fraction of sp³-hybridized carbons (Fsp3) is 1.00. The van der Waals surface area contributed by atoms with Gasteiger partial charge in [-0.3, -0.25) is 0 Å². The van der Waals surface area contributed by atoms with Gasteiger partial charge in [0.25, 0.3) is 0 Å². The number of nitrogens with zero attached hydrogens (tertiary/aromatic N) is 1. The van der Waals surface area contributed by atoms with Gasteiger partial charge in [-0.2, -0.15) is 0 Å². The predicted molar refractivity (Wildman–Crippen MR) is 66.6 cm³/mol. The Morgan fingerprint density at radius 1 is 1.38 bits per heavy atom. The molecule has 0 bridgehead atoms. The molecule has 2 saturated heterocycles. The Balaban J connectivity index is 1.79. The Labute approximate surface area is 99.5 Å². The highest BCUT2D eigenvalue weighted by Crippen LogP contribution is 2.29. The molecule has 0 aromatic rings. The Hall–Kier alpha value is -0.120. The third-order valence-electron chi connectivity index (χ3n) is 4.28. The van der Waals surface area contributed by atoms with Gasteiger partial charge in [0.1, 0.15) is 0 Å². The van der Waals surface area contributed by atoms with E-state index in [1.807, 2.05) is 0 Å². The van der Waals surface area contributed by atoms with Crippen LogP contribution in [0.15, 0.2) is 0 Å². The highest BCUT2D eigenvalue weighted by Gasteiger charge is 2.32. The summed E-state index contributed by atoms with van der Waals surface area (Å²) in [5, 5.41) is 3.59. The molecule has 16 heavy (non-hydrogen) atoms. The van der Waals surface area contributed by atoms with Crippen LogP contribution < -0.4 is 5.32 Å². The number of likely N-dealkylation sites (tertiary alicyclic amines) is 1. The first-order chi connectivity index (χ1) is 7.83. The molecule has 3 heteroatoms. The van der Waals surface area contributed by atoms with Crippen molar-refractivity contribution in [2.24, 2.45) is 11.8 Å². The van der Waals surface area contributed by atoms with Gasteiger partial charge in [-0.15, -0.1) is 0 Å². The third kappa shape index (κ3) is 2.96. The van der Waals surface area contributed by atoms with Crippen molar-refractivity contribution in [3.63, 3.8) is 0 Å². The number of rotatable bonds is 4. The van der Waals surface area contributed by atoms with Gasteiger partial charge in [-0.25, -0.2) is 0 Å². The Morgan fingerprint density at radius 3 is 3.00 bits per heavy atom. The van der Waals surface area contributed by atoms with Crippen LogP contribution in [0.5, 0.6) is 0 Å². The van der Waals surface area contributed by atoms with Crippen molar-refractivity contribution in [3.8, 4) is 0 Å². The Morgan fingerprint density at radius 2 is 2.25 bits per heavy atom. The Bertz CT molecular complexity index is 210. The molecular formula is C13H26N2O. The monoisotopic (exact) mass is 226 g/mol. The van der Waals surface area contributed by atoms with Crippen molar-refractivity contribution in [1.82, 2.24) is 10.2 Å². The van der Waals surface area contributed by atoms with Crippen LogP contribution in [0.25, 0.3) is 0 Å². The lowest BCUT2D eigenvalue weighted by Crippen LogP contribution is -2.38. The molecule has 2 aliphatic rings. The lowest BCUT2D eigenvalue weighted by Gasteiger charge is -2.35. The third-order valence-corrected chi connectivity index (χ3v) is 4.28. The van der Waals surface area contributed by atoms with Crippen LogP contribution in [-0.2, 0) is 4.74 Å². The smallest absolute Gasteiger partial charge is 0.0615 e. The summed E-state index contributed by atoms with van der Waals surface area (Å²) in [6.07, 6.45) is 4.14. The molecule has 94 valence electrons. The van der Waals surface area contributed by atoms with Crippen LogP contribution in [0.1, 0.15) is 26.2 Å². The largest absolute Gasteiger partial charge is 0.383 e. The van der Waals surface area contributed by atoms with Crippen LogP contribution in [-0.4, -0.2) is 50.8 Å². The molecule has 0 amide bonds. The zero-order valence-electron chi connectivity index (χ0n) is 10.7. The van der Waals surface area contributed by atoms with Gasteiger partial charge in [-0.05, 0) is 50.7 Å². The summed E-state index contributed by atoms with van der Waals surface area (Å²) in [7, 11) is 1.80. The average Bonchev–Trinajstić information content (AvgIpc) is 2.78. The molecule has 2 fully saturated rings. The number of hydrogen-bond donors (Lipinski definition) is 1. The van der Waals surface area contributed by atoms with E-state index in [1.54, 1.807) is 7.11 Å². The summed E-state index contributed by atoms with van der Waals surface area (Å²) in [4.78, 5) is 2.61. The van der Waals surface area contributed by atoms with Crippen LogP contribution >= 0.6 is 0 Å². The summed E-state index contributed by atoms with van der Waals surface area (Å²) >= 11 is 0. The van der Waals surface area contributed by atoms with E-state index in [2.05, 4.69) is 17.1 Å². The van der Waals surface area contributed by atoms with E-state index in [9.17, 15) is 0 Å². The van der Waals surface area contributed by atoms with Gasteiger partial charge in [0, 0.05) is 19.7 Å². The normalized spacial score (nSPS) is 36.8. The SMILES string of the molecule is CCN1CCCC(C2CNC(COC)C2)C1. The van der Waals surface area contributed by atoms with Crippen molar-refractivity contribution in [1.29, 1.82) is 0 Å². The molecule has 0 aliphatic carbocycles. The molecule has 3 nitrogen and oxygen atoms in total. The molecular weight excluding hydrogens is 200 g/mol. The molecule has 3 unspecified atom stereocenters. The van der Waals surface area contributed by atoms with E-state index >= 15 is 0 Å². The van der Waals surface area contributed by atoms with E-state index in [4.69, 9.17) is 4.74 Å². The Kier molecular flexibility index (Phi) is 4.62. The van der Waals surface area contributed by atoms with E-state index in [1.165, 1.54) is 45.4 Å². The summed E-state index contributed by atoms with van der Waals surface area (Å²) in [5.41, 5.74) is 0. The van der Waals surface area contributed by atoms with Crippen LogP contribution in [0, 0.1) is 11.8 Å². The van der Waals surface area contributed by atoms with Crippen molar-refractivity contribution in [2.45, 2.75) is 32.2 Å². The summed E-state index contributed by atoms with van der Waals surface area (Å²) in [6, 6.07) is 0.604. The predicted octanol–water partition coefficient (Wildman–Crippen LogP) is 1.34. The molecule has 0 radical (unpaired) electrons. The fourth-order valence-corrected chi connectivity index (χ4v) is 3.30. The number of hydrogen-bond acceptors (Lipinski definition) is 3. The van der Waals surface area contributed by atoms with Gasteiger partial charge < -0.3 is 15.0 Å². The zero-order valence-corrected chi connectivity index (χ0v) is 10.7. The average molecular weight is 226 g/mol. The van der Waals surface area contributed by atoms with E-state index < -0.39 is 0 Å². The maximum absolute atomic E-state index is 5.23. The van der Waals surface area contributed by atoms with Crippen molar-refractivity contribution >= 4 is 0 Å². The second-order valence-electron chi connectivity index (χ2n) is 5.35. The maximum Gasteiger partial charge on any atom is 0.0615 e. The lowest BCUT2D eigenvalue weighted by atomic mass is 9.84. The van der Waals surface area contributed by atoms with Gasteiger partial charge in [0.15, 0.2) is 0 Å². The van der Waals surface area contributed by atoms with Crippen LogP contribution in [0.3, 0.4) is 0 Å².